The zero-order chi connectivity index (χ0) is 11.3. The van der Waals surface area contributed by atoms with Crippen molar-refractivity contribution in [3.63, 3.8) is 0 Å². The van der Waals surface area contributed by atoms with E-state index in [0.717, 1.165) is 25.9 Å². The second kappa shape index (κ2) is 5.64. The molecule has 1 rings (SSSR count). The minimum atomic E-state index is -0.0144. The molecule has 15 heavy (non-hydrogen) atoms. The molecule has 0 unspecified atom stereocenters. The summed E-state index contributed by atoms with van der Waals surface area (Å²) in [6.07, 6.45) is 7.07. The lowest BCUT2D eigenvalue weighted by Crippen LogP contribution is -2.41. The monoisotopic (exact) mass is 211 g/mol. The van der Waals surface area contributed by atoms with Gasteiger partial charge in [-0.1, -0.05) is 19.8 Å². The summed E-state index contributed by atoms with van der Waals surface area (Å²) in [6, 6.07) is 0.558. The largest absolute Gasteiger partial charge is 0.303 e. The molecule has 0 aromatic rings. The predicted octanol–water partition coefficient (Wildman–Crippen LogP) is 2.87. The summed E-state index contributed by atoms with van der Waals surface area (Å²) in [7, 11) is 0. The molecule has 0 aromatic heterocycles. The number of nitrogens with zero attached hydrogens (tertiary/aromatic N) is 1. The first-order valence-electron chi connectivity index (χ1n) is 6.34. The van der Waals surface area contributed by atoms with Crippen molar-refractivity contribution in [2.75, 3.05) is 13.1 Å². The first kappa shape index (κ1) is 12.7. The van der Waals surface area contributed by atoms with Crippen molar-refractivity contribution in [1.29, 1.82) is 0 Å². The lowest BCUT2D eigenvalue weighted by atomic mass is 9.87. The average Bonchev–Trinajstić information content (AvgIpc) is 2.66. The molecule has 1 saturated carbocycles. The van der Waals surface area contributed by atoms with Crippen molar-refractivity contribution in [1.82, 2.24) is 4.90 Å². The van der Waals surface area contributed by atoms with Gasteiger partial charge in [-0.25, -0.2) is 0 Å². The van der Waals surface area contributed by atoms with Crippen molar-refractivity contribution in [2.24, 2.45) is 5.41 Å². The average molecular weight is 211 g/mol. The molecule has 0 spiro atoms. The SMILES string of the molecule is CCCN(CC1(C=O)CCCC1)C(C)C. The Morgan fingerprint density at radius 3 is 2.33 bits per heavy atom. The van der Waals surface area contributed by atoms with E-state index in [4.69, 9.17) is 0 Å². The van der Waals surface area contributed by atoms with Crippen molar-refractivity contribution in [3.8, 4) is 0 Å². The van der Waals surface area contributed by atoms with E-state index in [1.807, 2.05) is 0 Å². The van der Waals surface area contributed by atoms with Gasteiger partial charge >= 0.3 is 0 Å². The summed E-state index contributed by atoms with van der Waals surface area (Å²) in [6.45, 7) is 8.75. The Kier molecular flexibility index (Phi) is 4.78. The fourth-order valence-electron chi connectivity index (χ4n) is 2.60. The highest BCUT2D eigenvalue weighted by atomic mass is 16.1. The fourth-order valence-corrected chi connectivity index (χ4v) is 2.60. The van der Waals surface area contributed by atoms with E-state index < -0.39 is 0 Å². The molecule has 0 aromatic carbocycles. The zero-order valence-electron chi connectivity index (χ0n) is 10.5. The van der Waals surface area contributed by atoms with Crippen molar-refractivity contribution in [3.05, 3.63) is 0 Å². The first-order valence-corrected chi connectivity index (χ1v) is 6.34. The van der Waals surface area contributed by atoms with Crippen molar-refractivity contribution < 1.29 is 4.79 Å². The third kappa shape index (κ3) is 3.30. The lowest BCUT2D eigenvalue weighted by molar-refractivity contribution is -0.117. The third-order valence-corrected chi connectivity index (χ3v) is 3.61. The third-order valence-electron chi connectivity index (χ3n) is 3.61. The quantitative estimate of drug-likeness (QED) is 0.630. The van der Waals surface area contributed by atoms with Crippen LogP contribution in [-0.4, -0.2) is 30.3 Å². The van der Waals surface area contributed by atoms with Gasteiger partial charge in [-0.15, -0.1) is 0 Å². The zero-order valence-corrected chi connectivity index (χ0v) is 10.5. The molecule has 0 atom stereocenters. The van der Waals surface area contributed by atoms with Gasteiger partial charge in [0.05, 0.1) is 0 Å². The van der Waals surface area contributed by atoms with Crippen LogP contribution in [0.15, 0.2) is 0 Å². The molecule has 0 saturated heterocycles. The van der Waals surface area contributed by atoms with Crippen LogP contribution in [0, 0.1) is 5.41 Å². The number of hydrogen-bond donors (Lipinski definition) is 0. The molecular weight excluding hydrogens is 186 g/mol. The molecule has 2 nitrogen and oxygen atoms in total. The van der Waals surface area contributed by atoms with Crippen LogP contribution in [-0.2, 0) is 4.79 Å². The van der Waals surface area contributed by atoms with Gasteiger partial charge in [-0.2, -0.15) is 0 Å². The first-order chi connectivity index (χ1) is 7.13. The van der Waals surface area contributed by atoms with Crippen molar-refractivity contribution in [2.45, 2.75) is 58.9 Å². The highest BCUT2D eigenvalue weighted by molar-refractivity contribution is 5.60. The molecule has 88 valence electrons. The molecule has 1 aliphatic carbocycles. The van der Waals surface area contributed by atoms with Crippen molar-refractivity contribution >= 4 is 6.29 Å². The molecule has 2 heteroatoms. The Labute approximate surface area is 94.0 Å². The highest BCUT2D eigenvalue weighted by Gasteiger charge is 2.35. The van der Waals surface area contributed by atoms with Crippen LogP contribution < -0.4 is 0 Å². The van der Waals surface area contributed by atoms with Crippen LogP contribution in [0.1, 0.15) is 52.9 Å². The normalized spacial score (nSPS) is 20.1. The van der Waals surface area contributed by atoms with E-state index in [2.05, 4.69) is 25.7 Å². The van der Waals surface area contributed by atoms with Gasteiger partial charge in [0.1, 0.15) is 6.29 Å². The van der Waals surface area contributed by atoms with Crippen LogP contribution in [0.2, 0.25) is 0 Å². The van der Waals surface area contributed by atoms with E-state index in [-0.39, 0.29) is 5.41 Å². The van der Waals surface area contributed by atoms with E-state index in [0.29, 0.717) is 6.04 Å². The second-order valence-electron chi connectivity index (χ2n) is 5.25. The number of carbonyl (C=O) groups is 1. The van der Waals surface area contributed by atoms with E-state index >= 15 is 0 Å². The van der Waals surface area contributed by atoms with E-state index in [1.165, 1.54) is 25.5 Å². The standard InChI is InChI=1S/C13H25NO/c1-4-9-14(12(2)3)10-13(11-15)7-5-6-8-13/h11-12H,4-10H2,1-3H3. The molecule has 1 aliphatic rings. The van der Waals surface area contributed by atoms with Gasteiger partial charge in [-0.3, -0.25) is 4.90 Å². The molecule has 0 heterocycles. The maximum atomic E-state index is 11.3. The predicted molar refractivity (Wildman–Crippen MR) is 64.0 cm³/mol. The Hall–Kier alpha value is -0.370. The number of hydrogen-bond acceptors (Lipinski definition) is 2. The molecule has 0 amide bonds. The van der Waals surface area contributed by atoms with Gasteiger partial charge in [0.25, 0.3) is 0 Å². The topological polar surface area (TPSA) is 20.3 Å². The summed E-state index contributed by atoms with van der Waals surface area (Å²) in [4.78, 5) is 13.7. The summed E-state index contributed by atoms with van der Waals surface area (Å²) in [5, 5.41) is 0. The minimum absolute atomic E-state index is 0.0144. The highest BCUT2D eigenvalue weighted by Crippen LogP contribution is 2.37. The summed E-state index contributed by atoms with van der Waals surface area (Å²) >= 11 is 0. The molecule has 0 aliphatic heterocycles. The van der Waals surface area contributed by atoms with E-state index in [1.54, 1.807) is 0 Å². The summed E-state index contributed by atoms with van der Waals surface area (Å²) in [5.74, 6) is 0. The van der Waals surface area contributed by atoms with Gasteiger partial charge in [0, 0.05) is 18.0 Å². The number of aldehydes is 1. The minimum Gasteiger partial charge on any atom is -0.303 e. The lowest BCUT2D eigenvalue weighted by Gasteiger charge is -2.33. The van der Waals surface area contributed by atoms with Gasteiger partial charge in [0.2, 0.25) is 0 Å². The Morgan fingerprint density at radius 2 is 1.93 bits per heavy atom. The van der Waals surface area contributed by atoms with Crippen LogP contribution in [0.4, 0.5) is 0 Å². The Balaban J connectivity index is 2.58. The molecule has 0 radical (unpaired) electrons. The second-order valence-corrected chi connectivity index (χ2v) is 5.25. The van der Waals surface area contributed by atoms with Crippen LogP contribution in [0.5, 0.6) is 0 Å². The van der Waals surface area contributed by atoms with Gasteiger partial charge in [-0.05, 0) is 39.7 Å². The summed E-state index contributed by atoms with van der Waals surface area (Å²) < 4.78 is 0. The molecule has 0 N–H and O–H groups in total. The Morgan fingerprint density at radius 1 is 1.33 bits per heavy atom. The smallest absolute Gasteiger partial charge is 0.127 e. The molecule has 0 bridgehead atoms. The van der Waals surface area contributed by atoms with Crippen LogP contribution in [0.3, 0.4) is 0 Å². The van der Waals surface area contributed by atoms with Gasteiger partial charge < -0.3 is 4.79 Å². The maximum Gasteiger partial charge on any atom is 0.127 e. The van der Waals surface area contributed by atoms with Gasteiger partial charge in [0.15, 0.2) is 0 Å². The maximum absolute atomic E-state index is 11.3. The molecular formula is C13H25NO. The summed E-state index contributed by atoms with van der Waals surface area (Å²) in [5.41, 5.74) is -0.0144. The van der Waals surface area contributed by atoms with E-state index in [9.17, 15) is 4.79 Å². The Bertz CT molecular complexity index is 195. The fraction of sp³-hybridized carbons (Fsp3) is 0.923. The van der Waals surface area contributed by atoms with Crippen LogP contribution >= 0.6 is 0 Å². The molecule has 1 fully saturated rings. The number of carbonyl (C=O) groups excluding carboxylic acids is 1. The van der Waals surface area contributed by atoms with Crippen LogP contribution in [0.25, 0.3) is 0 Å². The number of rotatable bonds is 6.